The molecule has 0 bridgehead atoms. The largest absolute Gasteiger partial charge is 0.373 e. The second-order valence-electron chi connectivity index (χ2n) is 4.66. The molecule has 0 aliphatic rings. The molecule has 1 aromatic rings. The Balaban J connectivity index is 2.88. The quantitative estimate of drug-likeness (QED) is 0.846. The van der Waals surface area contributed by atoms with Gasteiger partial charge in [0.05, 0.1) is 0 Å². The van der Waals surface area contributed by atoms with Crippen LogP contribution in [0.2, 0.25) is 0 Å². The summed E-state index contributed by atoms with van der Waals surface area (Å²) in [7, 11) is 1.88. The highest BCUT2D eigenvalue weighted by Crippen LogP contribution is 2.24. The van der Waals surface area contributed by atoms with Gasteiger partial charge in [-0.2, -0.15) is 11.8 Å². The maximum atomic E-state index is 4.45. The number of thioether (sulfide) groups is 1. The summed E-state index contributed by atoms with van der Waals surface area (Å²) in [5, 5.41) is 6.50. The van der Waals surface area contributed by atoms with E-state index >= 15 is 0 Å². The third kappa shape index (κ3) is 3.77. The average molecular weight is 254 g/mol. The van der Waals surface area contributed by atoms with Crippen LogP contribution in [0.15, 0.2) is 0 Å². The Bertz CT molecular complexity index is 390. The van der Waals surface area contributed by atoms with E-state index in [4.69, 9.17) is 0 Å². The first kappa shape index (κ1) is 14.1. The summed E-state index contributed by atoms with van der Waals surface area (Å²) < 4.78 is 0.200. The van der Waals surface area contributed by atoms with Gasteiger partial charge in [0.25, 0.3) is 0 Å². The molecule has 17 heavy (non-hydrogen) atoms. The van der Waals surface area contributed by atoms with Gasteiger partial charge in [0.2, 0.25) is 0 Å². The standard InChI is InChI=1S/C12H22N4S/c1-8-10(13-5)15-9(2)16-11(8)14-7-12(3,4)17-6/h7H2,1-6H3,(H2,13,14,15,16). The van der Waals surface area contributed by atoms with E-state index in [1.807, 2.05) is 32.7 Å². The Morgan fingerprint density at radius 2 is 1.76 bits per heavy atom. The fourth-order valence-corrected chi connectivity index (χ4v) is 1.63. The van der Waals surface area contributed by atoms with Crippen LogP contribution in [0.1, 0.15) is 25.2 Å². The van der Waals surface area contributed by atoms with Gasteiger partial charge in [0.1, 0.15) is 17.5 Å². The van der Waals surface area contributed by atoms with E-state index in [-0.39, 0.29) is 4.75 Å². The van der Waals surface area contributed by atoms with Crippen molar-refractivity contribution in [2.75, 3.05) is 30.5 Å². The summed E-state index contributed by atoms with van der Waals surface area (Å²) in [6.45, 7) is 9.25. The summed E-state index contributed by atoms with van der Waals surface area (Å²) in [4.78, 5) is 8.80. The molecule has 0 radical (unpaired) electrons. The average Bonchev–Trinajstić information content (AvgIpc) is 2.30. The highest BCUT2D eigenvalue weighted by Gasteiger charge is 2.17. The normalized spacial score (nSPS) is 11.4. The van der Waals surface area contributed by atoms with Gasteiger partial charge in [-0.05, 0) is 34.0 Å². The van der Waals surface area contributed by atoms with E-state index in [1.165, 1.54) is 0 Å². The third-order valence-corrected chi connectivity index (χ3v) is 3.98. The van der Waals surface area contributed by atoms with Gasteiger partial charge in [-0.1, -0.05) is 0 Å². The Hall–Kier alpha value is -0.970. The van der Waals surface area contributed by atoms with Crippen molar-refractivity contribution in [3.8, 4) is 0 Å². The van der Waals surface area contributed by atoms with E-state index in [9.17, 15) is 0 Å². The lowest BCUT2D eigenvalue weighted by Gasteiger charge is -2.23. The lowest BCUT2D eigenvalue weighted by Crippen LogP contribution is -2.26. The van der Waals surface area contributed by atoms with Crippen molar-refractivity contribution in [1.82, 2.24) is 9.97 Å². The third-order valence-electron chi connectivity index (χ3n) is 2.73. The Morgan fingerprint density at radius 3 is 2.29 bits per heavy atom. The van der Waals surface area contributed by atoms with E-state index in [1.54, 1.807) is 0 Å². The van der Waals surface area contributed by atoms with Gasteiger partial charge in [0.15, 0.2) is 0 Å². The van der Waals surface area contributed by atoms with Crippen LogP contribution in [-0.4, -0.2) is 34.6 Å². The highest BCUT2D eigenvalue weighted by atomic mass is 32.2. The molecule has 0 aromatic carbocycles. The molecule has 0 spiro atoms. The molecule has 5 heteroatoms. The van der Waals surface area contributed by atoms with Gasteiger partial charge in [-0.15, -0.1) is 0 Å². The Kier molecular flexibility index (Phi) is 4.62. The molecule has 0 fully saturated rings. The SMILES string of the molecule is CNc1nc(C)nc(NCC(C)(C)SC)c1C. The molecule has 0 aliphatic heterocycles. The van der Waals surface area contributed by atoms with Crippen molar-refractivity contribution < 1.29 is 0 Å². The second-order valence-corrected chi connectivity index (χ2v) is 6.17. The first-order chi connectivity index (χ1) is 7.89. The van der Waals surface area contributed by atoms with Crippen LogP contribution in [0.4, 0.5) is 11.6 Å². The zero-order valence-corrected chi connectivity index (χ0v) is 12.3. The van der Waals surface area contributed by atoms with Crippen LogP contribution in [0.3, 0.4) is 0 Å². The summed E-state index contributed by atoms with van der Waals surface area (Å²) in [5.74, 6) is 2.59. The van der Waals surface area contributed by atoms with Crippen molar-refractivity contribution in [2.45, 2.75) is 32.4 Å². The summed E-state index contributed by atoms with van der Waals surface area (Å²) in [6.07, 6.45) is 2.12. The number of rotatable bonds is 5. The number of aryl methyl sites for hydroxylation is 1. The molecule has 0 saturated carbocycles. The Labute approximate surface area is 108 Å². The van der Waals surface area contributed by atoms with Gasteiger partial charge < -0.3 is 10.6 Å². The maximum Gasteiger partial charge on any atom is 0.134 e. The lowest BCUT2D eigenvalue weighted by atomic mass is 10.2. The van der Waals surface area contributed by atoms with E-state index in [2.05, 4.69) is 40.7 Å². The van der Waals surface area contributed by atoms with Crippen molar-refractivity contribution in [1.29, 1.82) is 0 Å². The molecule has 0 aliphatic carbocycles. The van der Waals surface area contributed by atoms with Gasteiger partial charge in [0, 0.05) is 23.9 Å². The molecule has 2 N–H and O–H groups in total. The number of nitrogens with zero attached hydrogens (tertiary/aromatic N) is 2. The Morgan fingerprint density at radius 1 is 1.18 bits per heavy atom. The van der Waals surface area contributed by atoms with E-state index in [0.29, 0.717) is 0 Å². The molecule has 1 rings (SSSR count). The number of hydrogen-bond donors (Lipinski definition) is 2. The number of hydrogen-bond acceptors (Lipinski definition) is 5. The van der Waals surface area contributed by atoms with Gasteiger partial charge in [-0.25, -0.2) is 9.97 Å². The fourth-order valence-electron chi connectivity index (χ4n) is 1.41. The summed E-state index contributed by atoms with van der Waals surface area (Å²) >= 11 is 1.84. The number of anilines is 2. The molecule has 96 valence electrons. The summed E-state index contributed by atoms with van der Waals surface area (Å²) in [5.41, 5.74) is 1.06. The zero-order chi connectivity index (χ0) is 13.1. The predicted octanol–water partition coefficient (Wildman–Crippen LogP) is 2.69. The van der Waals surface area contributed by atoms with E-state index in [0.717, 1.165) is 29.6 Å². The first-order valence-corrected chi connectivity index (χ1v) is 6.94. The minimum absolute atomic E-state index is 0.200. The number of nitrogens with one attached hydrogen (secondary N) is 2. The monoisotopic (exact) mass is 254 g/mol. The predicted molar refractivity (Wildman–Crippen MR) is 77.1 cm³/mol. The molecule has 0 unspecified atom stereocenters. The molecular weight excluding hydrogens is 232 g/mol. The molecule has 0 saturated heterocycles. The molecule has 1 aromatic heterocycles. The van der Waals surface area contributed by atoms with Crippen LogP contribution in [0.5, 0.6) is 0 Å². The van der Waals surface area contributed by atoms with Crippen LogP contribution < -0.4 is 10.6 Å². The fraction of sp³-hybridized carbons (Fsp3) is 0.667. The summed E-state index contributed by atoms with van der Waals surface area (Å²) in [6, 6.07) is 0. The van der Waals surface area contributed by atoms with Crippen LogP contribution >= 0.6 is 11.8 Å². The van der Waals surface area contributed by atoms with Gasteiger partial charge >= 0.3 is 0 Å². The van der Waals surface area contributed by atoms with Crippen LogP contribution in [-0.2, 0) is 0 Å². The van der Waals surface area contributed by atoms with Crippen molar-refractivity contribution in [3.05, 3.63) is 11.4 Å². The zero-order valence-electron chi connectivity index (χ0n) is 11.5. The molecule has 0 amide bonds. The molecule has 4 nitrogen and oxygen atoms in total. The van der Waals surface area contributed by atoms with Crippen molar-refractivity contribution in [2.24, 2.45) is 0 Å². The molecule has 0 atom stereocenters. The van der Waals surface area contributed by atoms with Crippen molar-refractivity contribution in [3.63, 3.8) is 0 Å². The maximum absolute atomic E-state index is 4.45. The minimum Gasteiger partial charge on any atom is -0.373 e. The smallest absolute Gasteiger partial charge is 0.134 e. The highest BCUT2D eigenvalue weighted by molar-refractivity contribution is 7.99. The first-order valence-electron chi connectivity index (χ1n) is 5.71. The second kappa shape index (κ2) is 5.58. The lowest BCUT2D eigenvalue weighted by molar-refractivity contribution is 0.748. The molecule has 1 heterocycles. The van der Waals surface area contributed by atoms with Crippen LogP contribution in [0, 0.1) is 13.8 Å². The van der Waals surface area contributed by atoms with Crippen molar-refractivity contribution >= 4 is 23.4 Å². The minimum atomic E-state index is 0.200. The number of aromatic nitrogens is 2. The van der Waals surface area contributed by atoms with E-state index < -0.39 is 0 Å². The topological polar surface area (TPSA) is 49.8 Å². The van der Waals surface area contributed by atoms with Crippen LogP contribution in [0.25, 0.3) is 0 Å². The van der Waals surface area contributed by atoms with Gasteiger partial charge in [-0.3, -0.25) is 0 Å². The molecular formula is C12H22N4S.